The summed E-state index contributed by atoms with van der Waals surface area (Å²) >= 11 is 27.7. The summed E-state index contributed by atoms with van der Waals surface area (Å²) < 4.78 is 0.828. The standard InChI is InChI=1S/C13H8BrCl4N/c14-8-4-10(16)13(11(17)5-8)19-6-7-2-1-3-9(15)12(7)18/h1-5,19H,6H2. The van der Waals surface area contributed by atoms with Crippen molar-refractivity contribution in [1.29, 1.82) is 0 Å². The van der Waals surface area contributed by atoms with Gasteiger partial charge in [-0.2, -0.15) is 0 Å². The van der Waals surface area contributed by atoms with Crippen LogP contribution in [0.1, 0.15) is 5.56 Å². The highest BCUT2D eigenvalue weighted by Crippen LogP contribution is 2.34. The summed E-state index contributed by atoms with van der Waals surface area (Å²) in [6.45, 7) is 0.487. The molecule has 0 spiro atoms. The van der Waals surface area contributed by atoms with Crippen molar-refractivity contribution in [3.63, 3.8) is 0 Å². The second-order valence-electron chi connectivity index (χ2n) is 3.81. The molecule has 0 aliphatic carbocycles. The Morgan fingerprint density at radius 2 is 1.58 bits per heavy atom. The molecule has 0 bridgehead atoms. The molecule has 2 aromatic rings. The van der Waals surface area contributed by atoms with Crippen molar-refractivity contribution in [3.05, 3.63) is 60.5 Å². The molecule has 1 nitrogen and oxygen atoms in total. The van der Waals surface area contributed by atoms with E-state index in [2.05, 4.69) is 21.2 Å². The molecule has 0 heterocycles. The van der Waals surface area contributed by atoms with Gasteiger partial charge in [-0.15, -0.1) is 0 Å². The maximum atomic E-state index is 6.14. The summed E-state index contributed by atoms with van der Waals surface area (Å²) in [5.41, 5.74) is 1.55. The third kappa shape index (κ3) is 3.71. The molecule has 2 rings (SSSR count). The third-order valence-electron chi connectivity index (χ3n) is 2.49. The number of rotatable bonds is 3. The number of anilines is 1. The normalized spacial score (nSPS) is 10.6. The zero-order chi connectivity index (χ0) is 14.0. The number of halogens is 5. The van der Waals surface area contributed by atoms with E-state index in [0.717, 1.165) is 10.0 Å². The molecule has 0 radical (unpaired) electrons. The van der Waals surface area contributed by atoms with Crippen LogP contribution in [0.4, 0.5) is 5.69 Å². The zero-order valence-electron chi connectivity index (χ0n) is 9.48. The first-order valence-electron chi connectivity index (χ1n) is 5.30. The molecule has 0 unspecified atom stereocenters. The molecule has 0 saturated carbocycles. The Kier molecular flexibility index (Phi) is 5.27. The van der Waals surface area contributed by atoms with E-state index in [1.807, 2.05) is 12.1 Å². The number of benzene rings is 2. The van der Waals surface area contributed by atoms with E-state index >= 15 is 0 Å². The van der Waals surface area contributed by atoms with Gasteiger partial charge in [0, 0.05) is 11.0 Å². The number of hydrogen-bond donors (Lipinski definition) is 1. The molecule has 0 aliphatic rings. The Labute approximate surface area is 139 Å². The second kappa shape index (κ2) is 6.55. The van der Waals surface area contributed by atoms with Crippen LogP contribution in [-0.4, -0.2) is 0 Å². The lowest BCUT2D eigenvalue weighted by Crippen LogP contribution is -2.01. The largest absolute Gasteiger partial charge is 0.378 e. The van der Waals surface area contributed by atoms with E-state index in [0.29, 0.717) is 32.3 Å². The molecule has 0 fully saturated rings. The summed E-state index contributed by atoms with van der Waals surface area (Å²) in [7, 11) is 0. The Balaban J connectivity index is 2.22. The molecule has 0 amide bonds. The maximum absolute atomic E-state index is 6.14. The Morgan fingerprint density at radius 3 is 2.21 bits per heavy atom. The quantitative estimate of drug-likeness (QED) is 0.607. The van der Waals surface area contributed by atoms with Gasteiger partial charge in [0.15, 0.2) is 0 Å². The first-order chi connectivity index (χ1) is 8.99. The van der Waals surface area contributed by atoms with Crippen molar-refractivity contribution in [1.82, 2.24) is 0 Å². The topological polar surface area (TPSA) is 12.0 Å². The van der Waals surface area contributed by atoms with Crippen LogP contribution in [0, 0.1) is 0 Å². The van der Waals surface area contributed by atoms with Gasteiger partial charge in [-0.05, 0) is 23.8 Å². The fourth-order valence-corrected chi connectivity index (χ4v) is 3.31. The molecule has 100 valence electrons. The number of hydrogen-bond acceptors (Lipinski definition) is 1. The SMILES string of the molecule is Clc1cccc(CNc2c(Cl)cc(Br)cc2Cl)c1Cl. The molecule has 1 N–H and O–H groups in total. The van der Waals surface area contributed by atoms with E-state index in [4.69, 9.17) is 46.4 Å². The number of nitrogens with one attached hydrogen (secondary N) is 1. The Bertz CT molecular complexity index is 593. The van der Waals surface area contributed by atoms with Crippen molar-refractivity contribution in [2.45, 2.75) is 6.54 Å². The van der Waals surface area contributed by atoms with Crippen molar-refractivity contribution in [2.75, 3.05) is 5.32 Å². The van der Waals surface area contributed by atoms with Gasteiger partial charge in [0.2, 0.25) is 0 Å². The highest BCUT2D eigenvalue weighted by atomic mass is 79.9. The minimum absolute atomic E-state index is 0.487. The summed E-state index contributed by atoms with van der Waals surface area (Å²) in [5.74, 6) is 0. The van der Waals surface area contributed by atoms with Crippen LogP contribution in [-0.2, 0) is 6.54 Å². The summed E-state index contributed by atoms with van der Waals surface area (Å²) in [6.07, 6.45) is 0. The average molecular weight is 400 g/mol. The van der Waals surface area contributed by atoms with E-state index < -0.39 is 0 Å². The molecule has 0 aliphatic heterocycles. The molecule has 0 saturated heterocycles. The molecule has 0 atom stereocenters. The molecular formula is C13H8BrCl4N. The Hall–Kier alpha value is -0.120. The maximum Gasteiger partial charge on any atom is 0.0722 e. The van der Waals surface area contributed by atoms with Gasteiger partial charge in [0.1, 0.15) is 0 Å². The predicted molar refractivity (Wildman–Crippen MR) is 88.0 cm³/mol. The molecule has 0 aromatic heterocycles. The van der Waals surface area contributed by atoms with Gasteiger partial charge in [-0.1, -0.05) is 74.5 Å². The van der Waals surface area contributed by atoms with E-state index in [-0.39, 0.29) is 0 Å². The van der Waals surface area contributed by atoms with Gasteiger partial charge in [-0.25, -0.2) is 0 Å². The highest BCUT2D eigenvalue weighted by molar-refractivity contribution is 9.10. The van der Waals surface area contributed by atoms with Crippen molar-refractivity contribution < 1.29 is 0 Å². The summed E-state index contributed by atoms with van der Waals surface area (Å²) in [6, 6.07) is 9.02. The first-order valence-corrected chi connectivity index (χ1v) is 7.61. The second-order valence-corrected chi connectivity index (χ2v) is 6.33. The van der Waals surface area contributed by atoms with Crippen LogP contribution in [0.3, 0.4) is 0 Å². The first kappa shape index (κ1) is 15.3. The minimum Gasteiger partial charge on any atom is -0.378 e. The highest BCUT2D eigenvalue weighted by Gasteiger charge is 2.09. The van der Waals surface area contributed by atoms with E-state index in [1.54, 1.807) is 18.2 Å². The molecule has 2 aromatic carbocycles. The lowest BCUT2D eigenvalue weighted by atomic mass is 10.2. The van der Waals surface area contributed by atoms with Crippen LogP contribution in [0.15, 0.2) is 34.8 Å². The van der Waals surface area contributed by atoms with Gasteiger partial charge in [-0.3, -0.25) is 0 Å². The van der Waals surface area contributed by atoms with Crippen LogP contribution < -0.4 is 5.32 Å². The molecule has 19 heavy (non-hydrogen) atoms. The lowest BCUT2D eigenvalue weighted by Gasteiger charge is -2.12. The Morgan fingerprint density at radius 1 is 0.947 bits per heavy atom. The fourth-order valence-electron chi connectivity index (χ4n) is 1.58. The van der Waals surface area contributed by atoms with Gasteiger partial charge < -0.3 is 5.32 Å². The van der Waals surface area contributed by atoms with E-state index in [1.165, 1.54) is 0 Å². The van der Waals surface area contributed by atoms with Crippen LogP contribution in [0.2, 0.25) is 20.1 Å². The zero-order valence-corrected chi connectivity index (χ0v) is 14.1. The monoisotopic (exact) mass is 397 g/mol. The minimum atomic E-state index is 0.487. The van der Waals surface area contributed by atoms with Gasteiger partial charge in [0.25, 0.3) is 0 Å². The molecule has 6 heteroatoms. The summed E-state index contributed by atoms with van der Waals surface area (Å²) in [5, 5.41) is 5.29. The van der Waals surface area contributed by atoms with Crippen LogP contribution >= 0.6 is 62.3 Å². The smallest absolute Gasteiger partial charge is 0.0722 e. The van der Waals surface area contributed by atoms with Crippen LogP contribution in [0.5, 0.6) is 0 Å². The van der Waals surface area contributed by atoms with Crippen molar-refractivity contribution >= 4 is 68.0 Å². The average Bonchev–Trinajstić information content (AvgIpc) is 2.33. The van der Waals surface area contributed by atoms with Gasteiger partial charge in [0.05, 0.1) is 25.8 Å². The van der Waals surface area contributed by atoms with Crippen molar-refractivity contribution in [2.24, 2.45) is 0 Å². The molecular weight excluding hydrogens is 392 g/mol. The lowest BCUT2D eigenvalue weighted by molar-refractivity contribution is 1.15. The van der Waals surface area contributed by atoms with Crippen molar-refractivity contribution in [3.8, 4) is 0 Å². The third-order valence-corrected chi connectivity index (χ3v) is 4.41. The van der Waals surface area contributed by atoms with E-state index in [9.17, 15) is 0 Å². The van der Waals surface area contributed by atoms with Gasteiger partial charge >= 0.3 is 0 Å². The van der Waals surface area contributed by atoms with Crippen LogP contribution in [0.25, 0.3) is 0 Å². The fraction of sp³-hybridized carbons (Fsp3) is 0.0769. The summed E-state index contributed by atoms with van der Waals surface area (Å²) in [4.78, 5) is 0. The predicted octanol–water partition coefficient (Wildman–Crippen LogP) is 6.67.